The van der Waals surface area contributed by atoms with Crippen LogP contribution in [-0.2, 0) is 4.74 Å². The van der Waals surface area contributed by atoms with Crippen LogP contribution in [0.5, 0.6) is 11.6 Å². The highest BCUT2D eigenvalue weighted by atomic mass is 16.6. The van der Waals surface area contributed by atoms with Crippen molar-refractivity contribution in [2.24, 2.45) is 0 Å². The van der Waals surface area contributed by atoms with Crippen LogP contribution >= 0.6 is 0 Å². The van der Waals surface area contributed by atoms with Gasteiger partial charge in [0.1, 0.15) is 5.75 Å². The second-order valence-corrected chi connectivity index (χ2v) is 3.93. The van der Waals surface area contributed by atoms with E-state index in [1.807, 2.05) is 0 Å². The van der Waals surface area contributed by atoms with Gasteiger partial charge in [-0.3, -0.25) is 10.1 Å². The largest absolute Gasteiger partial charge is 0.462 e. The highest BCUT2D eigenvalue weighted by Gasteiger charge is 2.16. The molecule has 108 valence electrons. The lowest BCUT2D eigenvalue weighted by molar-refractivity contribution is -0.386. The Hall–Kier alpha value is -2.96. The number of aromatic nitrogens is 1. The average Bonchev–Trinajstić information content (AvgIpc) is 2.48. The van der Waals surface area contributed by atoms with Crippen LogP contribution in [0.4, 0.5) is 5.69 Å². The number of hydrogen-bond acceptors (Lipinski definition) is 6. The summed E-state index contributed by atoms with van der Waals surface area (Å²) in [6.45, 7) is 2.01. The number of carbonyl (C=O) groups is 1. The number of benzene rings is 1. The van der Waals surface area contributed by atoms with Gasteiger partial charge in [0, 0.05) is 12.3 Å². The van der Waals surface area contributed by atoms with Crippen molar-refractivity contribution in [2.75, 3.05) is 6.61 Å². The van der Waals surface area contributed by atoms with Crippen LogP contribution in [-0.4, -0.2) is 22.5 Å². The van der Waals surface area contributed by atoms with Crippen LogP contribution in [0.15, 0.2) is 42.6 Å². The van der Waals surface area contributed by atoms with E-state index >= 15 is 0 Å². The van der Waals surface area contributed by atoms with Crippen molar-refractivity contribution in [1.82, 2.24) is 4.98 Å². The van der Waals surface area contributed by atoms with Gasteiger partial charge in [0.05, 0.1) is 17.1 Å². The van der Waals surface area contributed by atoms with E-state index in [0.717, 1.165) is 0 Å². The van der Waals surface area contributed by atoms with Gasteiger partial charge in [-0.15, -0.1) is 0 Å². The standard InChI is InChI=1S/C14H12N2O5/c1-2-20-14(17)10-5-7-11(8-6-10)21-13-12(16(18)19)4-3-9-15-13/h3-9H,2H2,1H3. The minimum atomic E-state index is -0.574. The summed E-state index contributed by atoms with van der Waals surface area (Å²) in [6, 6.07) is 8.82. The zero-order chi connectivity index (χ0) is 15.2. The van der Waals surface area contributed by atoms with Gasteiger partial charge in [-0.1, -0.05) is 0 Å². The first-order chi connectivity index (χ1) is 10.1. The molecule has 0 atom stereocenters. The van der Waals surface area contributed by atoms with Gasteiger partial charge >= 0.3 is 11.7 Å². The Morgan fingerprint density at radius 2 is 2.00 bits per heavy atom. The van der Waals surface area contributed by atoms with Crippen molar-refractivity contribution in [1.29, 1.82) is 0 Å². The second-order valence-electron chi connectivity index (χ2n) is 3.93. The molecule has 0 aliphatic heterocycles. The first-order valence-corrected chi connectivity index (χ1v) is 6.16. The molecular formula is C14H12N2O5. The van der Waals surface area contributed by atoms with Gasteiger partial charge in [0.2, 0.25) is 0 Å². The first-order valence-electron chi connectivity index (χ1n) is 6.16. The van der Waals surface area contributed by atoms with Crippen LogP contribution in [0.3, 0.4) is 0 Å². The minimum absolute atomic E-state index is 0.105. The molecule has 1 heterocycles. The maximum atomic E-state index is 11.5. The maximum absolute atomic E-state index is 11.5. The van der Waals surface area contributed by atoms with Crippen molar-refractivity contribution in [3.05, 3.63) is 58.3 Å². The molecule has 2 rings (SSSR count). The molecule has 1 aromatic heterocycles. The SMILES string of the molecule is CCOC(=O)c1ccc(Oc2ncccc2[N+](=O)[O-])cc1. The van der Waals surface area contributed by atoms with E-state index in [1.165, 1.54) is 42.6 Å². The molecule has 0 bridgehead atoms. The molecule has 0 aliphatic carbocycles. The lowest BCUT2D eigenvalue weighted by Gasteiger charge is -2.06. The Bertz CT molecular complexity index is 655. The third-order valence-corrected chi connectivity index (χ3v) is 2.53. The molecule has 0 N–H and O–H groups in total. The molecule has 1 aromatic carbocycles. The Labute approximate surface area is 120 Å². The van der Waals surface area contributed by atoms with Crippen molar-refractivity contribution >= 4 is 11.7 Å². The first kappa shape index (κ1) is 14.4. The topological polar surface area (TPSA) is 91.6 Å². The van der Waals surface area contributed by atoms with Gasteiger partial charge in [-0.2, -0.15) is 0 Å². The smallest absolute Gasteiger partial charge is 0.338 e. The van der Waals surface area contributed by atoms with Gasteiger partial charge in [0.15, 0.2) is 0 Å². The fraction of sp³-hybridized carbons (Fsp3) is 0.143. The zero-order valence-electron chi connectivity index (χ0n) is 11.2. The molecule has 0 unspecified atom stereocenters. The highest BCUT2D eigenvalue weighted by molar-refractivity contribution is 5.89. The molecule has 7 nitrogen and oxygen atoms in total. The number of ether oxygens (including phenoxy) is 2. The number of carbonyl (C=O) groups excluding carboxylic acids is 1. The average molecular weight is 288 g/mol. The third-order valence-electron chi connectivity index (χ3n) is 2.53. The lowest BCUT2D eigenvalue weighted by Crippen LogP contribution is -2.04. The molecule has 0 amide bonds. The predicted molar refractivity (Wildman–Crippen MR) is 73.4 cm³/mol. The summed E-state index contributed by atoms with van der Waals surface area (Å²) in [5.74, 6) is -0.205. The summed E-state index contributed by atoms with van der Waals surface area (Å²) in [5, 5.41) is 10.9. The summed E-state index contributed by atoms with van der Waals surface area (Å²) in [6.07, 6.45) is 1.40. The molecule has 2 aromatic rings. The van der Waals surface area contributed by atoms with Gasteiger partial charge in [-0.25, -0.2) is 9.78 Å². The van der Waals surface area contributed by atoms with Crippen molar-refractivity contribution in [3.63, 3.8) is 0 Å². The predicted octanol–water partition coefficient (Wildman–Crippen LogP) is 2.96. The van der Waals surface area contributed by atoms with Crippen LogP contribution in [0, 0.1) is 10.1 Å². The minimum Gasteiger partial charge on any atom is -0.462 e. The number of rotatable bonds is 5. The number of hydrogen-bond donors (Lipinski definition) is 0. The Morgan fingerprint density at radius 1 is 1.29 bits per heavy atom. The Kier molecular flexibility index (Phi) is 4.45. The third kappa shape index (κ3) is 3.53. The molecule has 0 saturated carbocycles. The van der Waals surface area contributed by atoms with E-state index < -0.39 is 10.9 Å². The summed E-state index contributed by atoms with van der Waals surface area (Å²) < 4.78 is 10.2. The van der Waals surface area contributed by atoms with E-state index in [1.54, 1.807) is 6.92 Å². The van der Waals surface area contributed by atoms with Crippen molar-refractivity contribution in [3.8, 4) is 11.6 Å². The fourth-order valence-electron chi connectivity index (χ4n) is 1.59. The van der Waals surface area contributed by atoms with Crippen LogP contribution in [0.2, 0.25) is 0 Å². The Balaban J connectivity index is 2.18. The lowest BCUT2D eigenvalue weighted by atomic mass is 10.2. The van der Waals surface area contributed by atoms with E-state index in [4.69, 9.17) is 9.47 Å². The quantitative estimate of drug-likeness (QED) is 0.477. The van der Waals surface area contributed by atoms with Crippen LogP contribution < -0.4 is 4.74 Å². The van der Waals surface area contributed by atoms with Gasteiger partial charge < -0.3 is 9.47 Å². The molecule has 0 spiro atoms. The fourth-order valence-corrected chi connectivity index (χ4v) is 1.59. The van der Waals surface area contributed by atoms with E-state index in [2.05, 4.69) is 4.98 Å². The van der Waals surface area contributed by atoms with Crippen molar-refractivity contribution in [2.45, 2.75) is 6.92 Å². The number of pyridine rings is 1. The molecule has 0 aliphatic rings. The highest BCUT2D eigenvalue weighted by Crippen LogP contribution is 2.28. The summed E-state index contributed by atoms with van der Waals surface area (Å²) in [5.41, 5.74) is 0.145. The molecule has 21 heavy (non-hydrogen) atoms. The second kappa shape index (κ2) is 6.47. The molecule has 0 saturated heterocycles. The summed E-state index contributed by atoms with van der Waals surface area (Å²) in [4.78, 5) is 25.6. The van der Waals surface area contributed by atoms with Crippen LogP contribution in [0.1, 0.15) is 17.3 Å². The van der Waals surface area contributed by atoms with E-state index in [-0.39, 0.29) is 18.2 Å². The Morgan fingerprint density at radius 3 is 2.62 bits per heavy atom. The number of esters is 1. The maximum Gasteiger partial charge on any atom is 0.338 e. The molecular weight excluding hydrogens is 276 g/mol. The van der Waals surface area contributed by atoms with Gasteiger partial charge in [-0.05, 0) is 37.3 Å². The van der Waals surface area contributed by atoms with E-state index in [9.17, 15) is 14.9 Å². The number of nitro groups is 1. The summed E-state index contributed by atoms with van der Waals surface area (Å²) >= 11 is 0. The van der Waals surface area contributed by atoms with Crippen molar-refractivity contribution < 1.29 is 19.2 Å². The zero-order valence-corrected chi connectivity index (χ0v) is 11.2. The molecule has 0 fully saturated rings. The molecule has 7 heteroatoms. The summed E-state index contributed by atoms with van der Waals surface area (Å²) in [7, 11) is 0. The molecule has 0 radical (unpaired) electrons. The van der Waals surface area contributed by atoms with Gasteiger partial charge in [0.25, 0.3) is 5.88 Å². The van der Waals surface area contributed by atoms with Crippen LogP contribution in [0.25, 0.3) is 0 Å². The monoisotopic (exact) mass is 288 g/mol. The number of nitrogens with zero attached hydrogens (tertiary/aromatic N) is 2. The van der Waals surface area contributed by atoms with E-state index in [0.29, 0.717) is 11.3 Å². The normalized spacial score (nSPS) is 9.95.